The zero-order valence-electron chi connectivity index (χ0n) is 11.4. The lowest BCUT2D eigenvalue weighted by molar-refractivity contribution is -0.0656. The molecular formula is C13H18N4O3. The van der Waals surface area contributed by atoms with Crippen molar-refractivity contribution in [3.63, 3.8) is 0 Å². The SMILES string of the molecule is CC(OCC1CCCCO1)c1nc(-c2ncc[nH]2)no1. The Labute approximate surface area is 116 Å². The summed E-state index contributed by atoms with van der Waals surface area (Å²) in [5.41, 5.74) is 0. The fraction of sp³-hybridized carbons (Fsp3) is 0.615. The standard InChI is InChI=1S/C13H18N4O3/c1-9(19-8-10-4-2-3-7-18-10)13-16-12(17-20-13)11-14-5-6-15-11/h5-6,9-10H,2-4,7-8H2,1H3,(H,14,15). The normalized spacial score (nSPS) is 20.9. The lowest BCUT2D eigenvalue weighted by Crippen LogP contribution is -2.25. The Kier molecular flexibility index (Phi) is 4.08. The first-order valence-corrected chi connectivity index (χ1v) is 6.89. The molecule has 2 aromatic rings. The highest BCUT2D eigenvalue weighted by molar-refractivity contribution is 5.40. The van der Waals surface area contributed by atoms with E-state index in [2.05, 4.69) is 20.1 Å². The molecule has 0 radical (unpaired) electrons. The Morgan fingerprint density at radius 2 is 2.45 bits per heavy atom. The second kappa shape index (κ2) is 6.15. The van der Waals surface area contributed by atoms with E-state index in [0.717, 1.165) is 19.4 Å². The van der Waals surface area contributed by atoms with Gasteiger partial charge in [0.2, 0.25) is 5.82 Å². The molecule has 0 saturated carbocycles. The van der Waals surface area contributed by atoms with Gasteiger partial charge in [-0.15, -0.1) is 0 Å². The van der Waals surface area contributed by atoms with Crippen molar-refractivity contribution < 1.29 is 14.0 Å². The van der Waals surface area contributed by atoms with Crippen molar-refractivity contribution >= 4 is 0 Å². The van der Waals surface area contributed by atoms with E-state index in [4.69, 9.17) is 14.0 Å². The van der Waals surface area contributed by atoms with Crippen LogP contribution in [0.3, 0.4) is 0 Å². The number of hydrogen-bond donors (Lipinski definition) is 1. The third-order valence-electron chi connectivity index (χ3n) is 3.31. The summed E-state index contributed by atoms with van der Waals surface area (Å²) < 4.78 is 16.6. The van der Waals surface area contributed by atoms with Crippen LogP contribution in [0.1, 0.15) is 38.2 Å². The Morgan fingerprint density at radius 3 is 3.20 bits per heavy atom. The second-order valence-corrected chi connectivity index (χ2v) is 4.86. The number of nitrogens with one attached hydrogen (secondary N) is 1. The number of H-pyrrole nitrogens is 1. The highest BCUT2D eigenvalue weighted by atomic mass is 16.6. The Bertz CT molecular complexity index is 519. The number of nitrogens with zero attached hydrogens (tertiary/aromatic N) is 3. The van der Waals surface area contributed by atoms with Crippen LogP contribution in [0.25, 0.3) is 11.6 Å². The van der Waals surface area contributed by atoms with Crippen LogP contribution in [-0.2, 0) is 9.47 Å². The average molecular weight is 278 g/mol. The number of aromatic nitrogens is 4. The third-order valence-corrected chi connectivity index (χ3v) is 3.31. The number of aromatic amines is 1. The molecular weight excluding hydrogens is 260 g/mol. The average Bonchev–Trinajstić information content (AvgIpc) is 3.16. The topological polar surface area (TPSA) is 86.1 Å². The molecule has 7 nitrogen and oxygen atoms in total. The van der Waals surface area contributed by atoms with Crippen LogP contribution in [0.2, 0.25) is 0 Å². The predicted octanol–water partition coefficient (Wildman–Crippen LogP) is 2.11. The fourth-order valence-electron chi connectivity index (χ4n) is 2.15. The number of hydrogen-bond acceptors (Lipinski definition) is 6. The van der Waals surface area contributed by atoms with E-state index in [0.29, 0.717) is 24.1 Å². The molecule has 0 aromatic carbocycles. The lowest BCUT2D eigenvalue weighted by atomic mass is 10.1. The summed E-state index contributed by atoms with van der Waals surface area (Å²) in [6.45, 7) is 3.27. The molecule has 3 heterocycles. The van der Waals surface area contributed by atoms with E-state index in [1.807, 2.05) is 6.92 Å². The van der Waals surface area contributed by atoms with Gasteiger partial charge < -0.3 is 19.0 Å². The minimum absolute atomic E-state index is 0.179. The van der Waals surface area contributed by atoms with Crippen molar-refractivity contribution in [2.75, 3.05) is 13.2 Å². The molecule has 1 N–H and O–H groups in total. The molecule has 7 heteroatoms. The molecule has 2 aromatic heterocycles. The molecule has 2 atom stereocenters. The zero-order valence-corrected chi connectivity index (χ0v) is 11.4. The van der Waals surface area contributed by atoms with Crippen molar-refractivity contribution in [3.05, 3.63) is 18.3 Å². The first-order chi connectivity index (χ1) is 9.83. The molecule has 0 amide bonds. The third kappa shape index (κ3) is 3.05. The minimum atomic E-state index is -0.253. The summed E-state index contributed by atoms with van der Waals surface area (Å²) in [6, 6.07) is 0. The molecule has 108 valence electrons. The summed E-state index contributed by atoms with van der Waals surface area (Å²) >= 11 is 0. The van der Waals surface area contributed by atoms with Gasteiger partial charge in [-0.2, -0.15) is 4.98 Å². The quantitative estimate of drug-likeness (QED) is 0.901. The van der Waals surface area contributed by atoms with Crippen molar-refractivity contribution in [2.45, 2.75) is 38.4 Å². The number of imidazole rings is 1. The van der Waals surface area contributed by atoms with Crippen LogP contribution >= 0.6 is 0 Å². The Hall–Kier alpha value is -1.73. The van der Waals surface area contributed by atoms with Crippen LogP contribution in [0, 0.1) is 0 Å². The first kappa shape index (κ1) is 13.3. The highest BCUT2D eigenvalue weighted by Crippen LogP contribution is 2.20. The van der Waals surface area contributed by atoms with Crippen molar-refractivity contribution in [2.24, 2.45) is 0 Å². The monoisotopic (exact) mass is 278 g/mol. The smallest absolute Gasteiger partial charge is 0.255 e. The molecule has 1 fully saturated rings. The van der Waals surface area contributed by atoms with Crippen molar-refractivity contribution in [3.8, 4) is 11.6 Å². The van der Waals surface area contributed by atoms with Crippen LogP contribution in [0.5, 0.6) is 0 Å². The van der Waals surface area contributed by atoms with Crippen molar-refractivity contribution in [1.29, 1.82) is 0 Å². The van der Waals surface area contributed by atoms with Crippen LogP contribution in [-0.4, -0.2) is 39.4 Å². The fourth-order valence-corrected chi connectivity index (χ4v) is 2.15. The van der Waals surface area contributed by atoms with E-state index in [-0.39, 0.29) is 12.2 Å². The van der Waals surface area contributed by atoms with Crippen LogP contribution in [0.15, 0.2) is 16.9 Å². The van der Waals surface area contributed by atoms with Crippen molar-refractivity contribution in [1.82, 2.24) is 20.1 Å². The lowest BCUT2D eigenvalue weighted by Gasteiger charge is -2.23. The molecule has 0 bridgehead atoms. The molecule has 1 saturated heterocycles. The summed E-state index contributed by atoms with van der Waals surface area (Å²) in [6.07, 6.45) is 6.68. The number of rotatable bonds is 5. The Morgan fingerprint density at radius 1 is 1.50 bits per heavy atom. The van der Waals surface area contributed by atoms with Gasteiger partial charge in [-0.25, -0.2) is 4.98 Å². The van der Waals surface area contributed by atoms with Gasteiger partial charge in [0.15, 0.2) is 5.82 Å². The summed E-state index contributed by atoms with van der Waals surface area (Å²) in [5, 5.41) is 3.88. The number of ether oxygens (including phenoxy) is 2. The van der Waals surface area contributed by atoms with Gasteiger partial charge >= 0.3 is 0 Å². The van der Waals surface area contributed by atoms with Gasteiger partial charge in [0.05, 0.1) is 12.7 Å². The molecule has 2 unspecified atom stereocenters. The molecule has 20 heavy (non-hydrogen) atoms. The Balaban J connectivity index is 1.55. The maximum absolute atomic E-state index is 5.75. The maximum atomic E-state index is 5.75. The summed E-state index contributed by atoms with van der Waals surface area (Å²) in [4.78, 5) is 11.3. The van der Waals surface area contributed by atoms with Gasteiger partial charge in [-0.05, 0) is 26.2 Å². The molecule has 1 aliphatic rings. The van der Waals surface area contributed by atoms with Gasteiger partial charge in [-0.3, -0.25) is 0 Å². The van der Waals surface area contributed by atoms with Gasteiger partial charge in [0.25, 0.3) is 5.89 Å². The highest BCUT2D eigenvalue weighted by Gasteiger charge is 2.20. The maximum Gasteiger partial charge on any atom is 0.255 e. The van der Waals surface area contributed by atoms with E-state index in [1.54, 1.807) is 12.4 Å². The van der Waals surface area contributed by atoms with E-state index in [9.17, 15) is 0 Å². The van der Waals surface area contributed by atoms with Gasteiger partial charge in [0.1, 0.15) is 6.10 Å². The van der Waals surface area contributed by atoms with Crippen LogP contribution in [0.4, 0.5) is 0 Å². The van der Waals surface area contributed by atoms with E-state index >= 15 is 0 Å². The molecule has 3 rings (SSSR count). The van der Waals surface area contributed by atoms with Gasteiger partial charge in [-0.1, -0.05) is 5.16 Å². The largest absolute Gasteiger partial charge is 0.376 e. The molecule has 0 aliphatic carbocycles. The van der Waals surface area contributed by atoms with Gasteiger partial charge in [0, 0.05) is 19.0 Å². The first-order valence-electron chi connectivity index (χ1n) is 6.89. The van der Waals surface area contributed by atoms with E-state index < -0.39 is 0 Å². The van der Waals surface area contributed by atoms with E-state index in [1.165, 1.54) is 6.42 Å². The minimum Gasteiger partial charge on any atom is -0.376 e. The van der Waals surface area contributed by atoms with Crippen LogP contribution < -0.4 is 0 Å². The molecule has 0 spiro atoms. The zero-order chi connectivity index (χ0) is 13.8. The predicted molar refractivity (Wildman–Crippen MR) is 69.8 cm³/mol. The summed E-state index contributed by atoms with van der Waals surface area (Å²) in [5.74, 6) is 1.48. The summed E-state index contributed by atoms with van der Waals surface area (Å²) in [7, 11) is 0. The molecule has 1 aliphatic heterocycles. The second-order valence-electron chi connectivity index (χ2n) is 4.86.